The first kappa shape index (κ1) is 16.9. The highest BCUT2D eigenvalue weighted by Crippen LogP contribution is 2.13. The molecule has 0 spiro atoms. The minimum absolute atomic E-state index is 0.0583. The first-order chi connectivity index (χ1) is 9.71. The summed E-state index contributed by atoms with van der Waals surface area (Å²) in [6, 6.07) is 3.29. The number of ketones is 1. The molecule has 1 aromatic rings. The van der Waals surface area contributed by atoms with Gasteiger partial charge in [0, 0.05) is 30.3 Å². The van der Waals surface area contributed by atoms with Crippen molar-refractivity contribution >= 4 is 11.9 Å². The van der Waals surface area contributed by atoms with Crippen LogP contribution in [0.25, 0.3) is 0 Å². The average molecular weight is 294 g/mol. The predicted molar refractivity (Wildman–Crippen MR) is 78.7 cm³/mol. The average Bonchev–Trinajstić information content (AvgIpc) is 2.36. The Morgan fingerprint density at radius 1 is 1.29 bits per heavy atom. The second-order valence-electron chi connectivity index (χ2n) is 5.62. The Kier molecular flexibility index (Phi) is 5.69. The third kappa shape index (κ3) is 6.25. The molecule has 0 aliphatic rings. The van der Waals surface area contributed by atoms with Crippen LogP contribution in [0, 0.1) is 0 Å². The lowest BCUT2D eigenvalue weighted by Crippen LogP contribution is -2.33. The van der Waals surface area contributed by atoms with E-state index in [1.54, 1.807) is 32.9 Å². The van der Waals surface area contributed by atoms with Gasteiger partial charge in [-0.2, -0.15) is 0 Å². The highest BCUT2D eigenvalue weighted by molar-refractivity contribution is 5.94. The van der Waals surface area contributed by atoms with Crippen LogP contribution in [0.2, 0.25) is 0 Å². The smallest absolute Gasteiger partial charge is 0.407 e. The summed E-state index contributed by atoms with van der Waals surface area (Å²) in [5, 5.41) is 2.65. The molecule has 0 saturated carbocycles. The molecule has 0 aliphatic carbocycles. The van der Waals surface area contributed by atoms with Crippen LogP contribution in [-0.4, -0.2) is 36.1 Å². The zero-order valence-corrected chi connectivity index (χ0v) is 13.1. The molecule has 0 saturated heterocycles. The standard InChI is InChI=1S/C15H22N2O4/c1-10(18)11-8-12(17-13(9-11)20-5)6-7-16-14(19)21-15(2,3)4/h8-9H,6-7H2,1-5H3,(H,16,19). The molecule has 6 heteroatoms. The number of amides is 1. The molecule has 1 amide bonds. The molecule has 1 heterocycles. The minimum Gasteiger partial charge on any atom is -0.481 e. The SMILES string of the molecule is COc1cc(C(C)=O)cc(CCNC(=O)OC(C)(C)C)n1. The molecular weight excluding hydrogens is 272 g/mol. The van der Waals surface area contributed by atoms with E-state index in [-0.39, 0.29) is 5.78 Å². The maximum absolute atomic E-state index is 11.5. The Morgan fingerprint density at radius 2 is 1.95 bits per heavy atom. The maximum Gasteiger partial charge on any atom is 0.407 e. The van der Waals surface area contributed by atoms with E-state index >= 15 is 0 Å². The summed E-state index contributed by atoms with van der Waals surface area (Å²) in [5.74, 6) is 0.326. The van der Waals surface area contributed by atoms with E-state index in [0.717, 1.165) is 0 Å². The van der Waals surface area contributed by atoms with Crippen molar-refractivity contribution in [3.63, 3.8) is 0 Å². The number of Topliss-reactive ketones (excluding diaryl/α,β-unsaturated/α-hetero) is 1. The van der Waals surface area contributed by atoms with Crippen molar-refractivity contribution in [2.75, 3.05) is 13.7 Å². The number of aromatic nitrogens is 1. The van der Waals surface area contributed by atoms with Gasteiger partial charge >= 0.3 is 6.09 Å². The monoisotopic (exact) mass is 294 g/mol. The van der Waals surface area contributed by atoms with Crippen molar-refractivity contribution in [2.24, 2.45) is 0 Å². The molecule has 0 atom stereocenters. The number of methoxy groups -OCH3 is 1. The summed E-state index contributed by atoms with van der Waals surface area (Å²) in [5.41, 5.74) is 0.685. The molecule has 6 nitrogen and oxygen atoms in total. The van der Waals surface area contributed by atoms with E-state index in [9.17, 15) is 9.59 Å². The van der Waals surface area contributed by atoms with Gasteiger partial charge in [-0.3, -0.25) is 4.79 Å². The molecule has 0 fully saturated rings. The lowest BCUT2D eigenvalue weighted by atomic mass is 10.1. The van der Waals surface area contributed by atoms with Crippen LogP contribution in [0.5, 0.6) is 5.88 Å². The first-order valence-corrected chi connectivity index (χ1v) is 6.74. The van der Waals surface area contributed by atoms with Gasteiger partial charge in [0.2, 0.25) is 5.88 Å². The zero-order chi connectivity index (χ0) is 16.0. The van der Waals surface area contributed by atoms with Gasteiger partial charge in [0.05, 0.1) is 7.11 Å². The fourth-order valence-electron chi connectivity index (χ4n) is 1.60. The van der Waals surface area contributed by atoms with E-state index in [2.05, 4.69) is 10.3 Å². The van der Waals surface area contributed by atoms with Gasteiger partial charge in [-0.15, -0.1) is 0 Å². The Bertz CT molecular complexity index is 521. The molecular formula is C15H22N2O4. The quantitative estimate of drug-likeness (QED) is 0.843. The van der Waals surface area contributed by atoms with Crippen molar-refractivity contribution in [3.05, 3.63) is 23.4 Å². The molecule has 1 aromatic heterocycles. The summed E-state index contributed by atoms with van der Waals surface area (Å²) in [6.45, 7) is 7.25. The Labute approximate surface area is 124 Å². The number of hydrogen-bond donors (Lipinski definition) is 1. The van der Waals surface area contributed by atoms with Crippen LogP contribution in [-0.2, 0) is 11.2 Å². The van der Waals surface area contributed by atoms with Crippen molar-refractivity contribution in [1.82, 2.24) is 10.3 Å². The fraction of sp³-hybridized carbons (Fsp3) is 0.533. The van der Waals surface area contributed by atoms with E-state index in [1.807, 2.05) is 0 Å². The summed E-state index contributed by atoms with van der Waals surface area (Å²) in [4.78, 5) is 27.2. The normalized spacial score (nSPS) is 10.9. The van der Waals surface area contributed by atoms with Gasteiger partial charge in [0.25, 0.3) is 0 Å². The zero-order valence-electron chi connectivity index (χ0n) is 13.1. The molecule has 0 radical (unpaired) electrons. The number of nitrogens with one attached hydrogen (secondary N) is 1. The fourth-order valence-corrected chi connectivity index (χ4v) is 1.60. The number of carbonyl (C=O) groups is 2. The van der Waals surface area contributed by atoms with Crippen LogP contribution in [0.4, 0.5) is 4.79 Å². The second-order valence-corrected chi connectivity index (χ2v) is 5.62. The highest BCUT2D eigenvalue weighted by atomic mass is 16.6. The van der Waals surface area contributed by atoms with Crippen molar-refractivity contribution < 1.29 is 19.1 Å². The molecule has 0 bridgehead atoms. The molecule has 21 heavy (non-hydrogen) atoms. The number of pyridine rings is 1. The molecule has 1 N–H and O–H groups in total. The van der Waals surface area contributed by atoms with Gasteiger partial charge in [-0.1, -0.05) is 0 Å². The summed E-state index contributed by atoms with van der Waals surface area (Å²) < 4.78 is 10.2. The van der Waals surface area contributed by atoms with Gasteiger partial charge in [0.15, 0.2) is 5.78 Å². The number of ether oxygens (including phenoxy) is 2. The molecule has 0 aliphatic heterocycles. The lowest BCUT2D eigenvalue weighted by molar-refractivity contribution is 0.0528. The molecule has 0 aromatic carbocycles. The first-order valence-electron chi connectivity index (χ1n) is 6.74. The topological polar surface area (TPSA) is 77.5 Å². The second kappa shape index (κ2) is 7.06. The van der Waals surface area contributed by atoms with E-state index in [0.29, 0.717) is 30.1 Å². The van der Waals surface area contributed by atoms with E-state index in [1.165, 1.54) is 14.0 Å². The van der Waals surface area contributed by atoms with Crippen LogP contribution < -0.4 is 10.1 Å². The highest BCUT2D eigenvalue weighted by Gasteiger charge is 2.15. The van der Waals surface area contributed by atoms with Crippen molar-refractivity contribution in [1.29, 1.82) is 0 Å². The van der Waals surface area contributed by atoms with E-state index < -0.39 is 11.7 Å². The number of alkyl carbamates (subject to hydrolysis) is 1. The summed E-state index contributed by atoms with van der Waals surface area (Å²) in [7, 11) is 1.50. The number of hydrogen-bond acceptors (Lipinski definition) is 5. The predicted octanol–water partition coefficient (Wildman–Crippen LogP) is 2.36. The van der Waals surface area contributed by atoms with Crippen LogP contribution in [0.1, 0.15) is 43.7 Å². The van der Waals surface area contributed by atoms with Gasteiger partial charge in [0.1, 0.15) is 5.60 Å². The Balaban J connectivity index is 2.61. The Morgan fingerprint density at radius 3 is 2.48 bits per heavy atom. The number of nitrogens with zero attached hydrogens (tertiary/aromatic N) is 1. The summed E-state index contributed by atoms with van der Waals surface area (Å²) in [6.07, 6.45) is 0.00803. The van der Waals surface area contributed by atoms with Crippen molar-refractivity contribution in [3.8, 4) is 5.88 Å². The van der Waals surface area contributed by atoms with Gasteiger partial charge < -0.3 is 14.8 Å². The third-order valence-corrected chi connectivity index (χ3v) is 2.52. The molecule has 116 valence electrons. The van der Waals surface area contributed by atoms with Crippen LogP contribution in [0.15, 0.2) is 12.1 Å². The molecule has 1 rings (SSSR count). The largest absolute Gasteiger partial charge is 0.481 e. The van der Waals surface area contributed by atoms with Crippen LogP contribution in [0.3, 0.4) is 0 Å². The van der Waals surface area contributed by atoms with E-state index in [4.69, 9.17) is 9.47 Å². The lowest BCUT2D eigenvalue weighted by Gasteiger charge is -2.19. The number of carbonyl (C=O) groups excluding carboxylic acids is 2. The van der Waals surface area contributed by atoms with Crippen molar-refractivity contribution in [2.45, 2.75) is 39.7 Å². The minimum atomic E-state index is -0.528. The maximum atomic E-state index is 11.5. The van der Waals surface area contributed by atoms with Crippen LogP contribution >= 0.6 is 0 Å². The third-order valence-electron chi connectivity index (χ3n) is 2.52. The van der Waals surface area contributed by atoms with Gasteiger partial charge in [-0.05, 0) is 33.8 Å². The Hall–Kier alpha value is -2.11. The number of rotatable bonds is 5. The van der Waals surface area contributed by atoms with Gasteiger partial charge in [-0.25, -0.2) is 9.78 Å². The summed E-state index contributed by atoms with van der Waals surface area (Å²) >= 11 is 0. The molecule has 0 unspecified atom stereocenters.